The molecule has 0 spiro atoms. The molecule has 4 heteroatoms. The Hall–Kier alpha value is -0.250. The highest BCUT2D eigenvalue weighted by Gasteiger charge is 2.32. The summed E-state index contributed by atoms with van der Waals surface area (Å²) in [6.45, 7) is 1.40. The van der Waals surface area contributed by atoms with Crippen molar-refractivity contribution in [3.8, 4) is 0 Å². The second-order valence-corrected chi connectivity index (χ2v) is 3.03. The highest BCUT2D eigenvalue weighted by atomic mass is 19.4. The summed E-state index contributed by atoms with van der Waals surface area (Å²) in [6.07, 6.45) is -3.02. The van der Waals surface area contributed by atoms with Gasteiger partial charge in [-0.3, -0.25) is 0 Å². The first-order chi connectivity index (χ1) is 5.08. The van der Waals surface area contributed by atoms with Crippen molar-refractivity contribution in [2.75, 3.05) is 13.1 Å². The maximum atomic E-state index is 11.8. The second kappa shape index (κ2) is 3.43. The van der Waals surface area contributed by atoms with Gasteiger partial charge in [0, 0.05) is 6.42 Å². The molecule has 1 fully saturated rings. The van der Waals surface area contributed by atoms with Crippen LogP contribution >= 0.6 is 0 Å². The van der Waals surface area contributed by atoms with Gasteiger partial charge < -0.3 is 5.32 Å². The summed E-state index contributed by atoms with van der Waals surface area (Å²) in [5.41, 5.74) is 0. The molecular formula is C7H12F3N. The third-order valence-corrected chi connectivity index (χ3v) is 1.92. The fourth-order valence-corrected chi connectivity index (χ4v) is 1.43. The van der Waals surface area contributed by atoms with Crippen LogP contribution in [0.5, 0.6) is 0 Å². The van der Waals surface area contributed by atoms with Crippen LogP contribution in [0.2, 0.25) is 0 Å². The van der Waals surface area contributed by atoms with E-state index >= 15 is 0 Å². The zero-order valence-electron chi connectivity index (χ0n) is 6.25. The van der Waals surface area contributed by atoms with Crippen LogP contribution in [-0.2, 0) is 0 Å². The van der Waals surface area contributed by atoms with E-state index in [0.29, 0.717) is 13.0 Å². The van der Waals surface area contributed by atoms with Gasteiger partial charge in [-0.05, 0) is 31.8 Å². The van der Waals surface area contributed by atoms with Gasteiger partial charge in [0.05, 0.1) is 0 Å². The van der Waals surface area contributed by atoms with Gasteiger partial charge in [-0.15, -0.1) is 0 Å². The van der Waals surface area contributed by atoms with Crippen LogP contribution in [-0.4, -0.2) is 19.3 Å². The Labute approximate surface area is 64.0 Å². The Kier molecular flexibility index (Phi) is 2.76. The second-order valence-electron chi connectivity index (χ2n) is 3.03. The number of rotatable bonds is 1. The van der Waals surface area contributed by atoms with E-state index in [0.717, 1.165) is 13.0 Å². The molecule has 0 aromatic carbocycles. The van der Waals surface area contributed by atoms with Gasteiger partial charge in [-0.2, -0.15) is 13.2 Å². The standard InChI is InChI=1S/C7H12F3N/c8-7(9,10)4-6-2-1-3-11-5-6/h6,11H,1-5H2/t6-/m1/s1. The maximum absolute atomic E-state index is 11.8. The third-order valence-electron chi connectivity index (χ3n) is 1.92. The van der Waals surface area contributed by atoms with Crippen molar-refractivity contribution in [1.82, 2.24) is 5.32 Å². The van der Waals surface area contributed by atoms with Crippen LogP contribution in [0, 0.1) is 5.92 Å². The van der Waals surface area contributed by atoms with E-state index in [9.17, 15) is 13.2 Å². The number of nitrogens with one attached hydrogen (secondary N) is 1. The van der Waals surface area contributed by atoms with Crippen molar-refractivity contribution in [1.29, 1.82) is 0 Å². The summed E-state index contributed by atoms with van der Waals surface area (Å²) in [5, 5.41) is 2.96. The molecule has 66 valence electrons. The molecular weight excluding hydrogens is 155 g/mol. The number of hydrogen-bond donors (Lipinski definition) is 1. The fraction of sp³-hybridized carbons (Fsp3) is 1.00. The first kappa shape index (κ1) is 8.84. The Morgan fingerprint density at radius 3 is 2.55 bits per heavy atom. The van der Waals surface area contributed by atoms with E-state index < -0.39 is 12.6 Å². The largest absolute Gasteiger partial charge is 0.389 e. The smallest absolute Gasteiger partial charge is 0.316 e. The number of hydrogen-bond acceptors (Lipinski definition) is 1. The van der Waals surface area contributed by atoms with E-state index in [2.05, 4.69) is 5.32 Å². The molecule has 1 heterocycles. The normalized spacial score (nSPS) is 27.0. The summed E-state index contributed by atoms with van der Waals surface area (Å²) in [7, 11) is 0. The van der Waals surface area contributed by atoms with E-state index in [1.165, 1.54) is 0 Å². The summed E-state index contributed by atoms with van der Waals surface area (Å²) in [6, 6.07) is 0. The summed E-state index contributed by atoms with van der Waals surface area (Å²) < 4.78 is 35.4. The van der Waals surface area contributed by atoms with Gasteiger partial charge in [0.2, 0.25) is 0 Å². The summed E-state index contributed by atoms with van der Waals surface area (Å²) in [4.78, 5) is 0. The molecule has 1 saturated heterocycles. The zero-order chi connectivity index (χ0) is 8.32. The molecule has 1 N–H and O–H groups in total. The van der Waals surface area contributed by atoms with E-state index in [1.807, 2.05) is 0 Å². The Balaban J connectivity index is 2.24. The van der Waals surface area contributed by atoms with Crippen molar-refractivity contribution < 1.29 is 13.2 Å². The fourth-order valence-electron chi connectivity index (χ4n) is 1.43. The zero-order valence-corrected chi connectivity index (χ0v) is 6.25. The van der Waals surface area contributed by atoms with E-state index in [1.54, 1.807) is 0 Å². The van der Waals surface area contributed by atoms with Gasteiger partial charge in [-0.1, -0.05) is 0 Å². The molecule has 0 unspecified atom stereocenters. The monoisotopic (exact) mass is 167 g/mol. The molecule has 1 aliphatic heterocycles. The Morgan fingerprint density at radius 1 is 1.36 bits per heavy atom. The van der Waals surface area contributed by atoms with Crippen LogP contribution in [0.3, 0.4) is 0 Å². The molecule has 1 atom stereocenters. The van der Waals surface area contributed by atoms with Crippen molar-refractivity contribution in [3.63, 3.8) is 0 Å². The molecule has 0 aliphatic carbocycles. The topological polar surface area (TPSA) is 12.0 Å². The molecule has 0 aromatic heterocycles. The SMILES string of the molecule is FC(F)(F)C[C@H]1CCCNC1. The highest BCUT2D eigenvalue weighted by molar-refractivity contribution is 4.71. The Bertz CT molecular complexity index is 115. The van der Waals surface area contributed by atoms with E-state index in [-0.39, 0.29) is 5.92 Å². The van der Waals surface area contributed by atoms with Crippen molar-refractivity contribution in [3.05, 3.63) is 0 Å². The molecule has 0 amide bonds. The van der Waals surface area contributed by atoms with Crippen molar-refractivity contribution in [2.45, 2.75) is 25.4 Å². The molecule has 1 rings (SSSR count). The van der Waals surface area contributed by atoms with Crippen LogP contribution in [0.1, 0.15) is 19.3 Å². The minimum Gasteiger partial charge on any atom is -0.316 e. The lowest BCUT2D eigenvalue weighted by atomic mass is 9.96. The van der Waals surface area contributed by atoms with Crippen molar-refractivity contribution >= 4 is 0 Å². The predicted octanol–water partition coefficient (Wildman–Crippen LogP) is 1.94. The first-order valence-electron chi connectivity index (χ1n) is 3.85. The first-order valence-corrected chi connectivity index (χ1v) is 3.85. The minimum atomic E-state index is -3.98. The molecule has 1 aliphatic rings. The minimum absolute atomic E-state index is 0.191. The quantitative estimate of drug-likeness (QED) is 0.629. The lowest BCUT2D eigenvalue weighted by Gasteiger charge is -2.23. The lowest BCUT2D eigenvalue weighted by Crippen LogP contribution is -2.32. The Morgan fingerprint density at radius 2 is 2.09 bits per heavy atom. The van der Waals surface area contributed by atoms with Gasteiger partial charge in [0.25, 0.3) is 0 Å². The molecule has 11 heavy (non-hydrogen) atoms. The van der Waals surface area contributed by atoms with E-state index in [4.69, 9.17) is 0 Å². The molecule has 0 aromatic rings. The average molecular weight is 167 g/mol. The average Bonchev–Trinajstić information content (AvgIpc) is 1.85. The maximum Gasteiger partial charge on any atom is 0.389 e. The lowest BCUT2D eigenvalue weighted by molar-refractivity contribution is -0.145. The predicted molar refractivity (Wildman–Crippen MR) is 36.3 cm³/mol. The van der Waals surface area contributed by atoms with Gasteiger partial charge in [-0.25, -0.2) is 0 Å². The number of alkyl halides is 3. The molecule has 1 nitrogen and oxygen atoms in total. The number of piperidine rings is 1. The van der Waals surface area contributed by atoms with Gasteiger partial charge in [0.1, 0.15) is 0 Å². The van der Waals surface area contributed by atoms with Crippen LogP contribution < -0.4 is 5.32 Å². The van der Waals surface area contributed by atoms with Crippen LogP contribution in [0.15, 0.2) is 0 Å². The molecule has 0 saturated carbocycles. The number of halogens is 3. The van der Waals surface area contributed by atoms with Crippen molar-refractivity contribution in [2.24, 2.45) is 5.92 Å². The molecule has 0 radical (unpaired) electrons. The van der Waals surface area contributed by atoms with Crippen LogP contribution in [0.4, 0.5) is 13.2 Å². The van der Waals surface area contributed by atoms with Gasteiger partial charge >= 0.3 is 6.18 Å². The molecule has 0 bridgehead atoms. The van der Waals surface area contributed by atoms with Crippen LogP contribution in [0.25, 0.3) is 0 Å². The summed E-state index contributed by atoms with van der Waals surface area (Å²) >= 11 is 0. The highest BCUT2D eigenvalue weighted by Crippen LogP contribution is 2.27. The summed E-state index contributed by atoms with van der Waals surface area (Å²) in [5.74, 6) is -0.191. The van der Waals surface area contributed by atoms with Gasteiger partial charge in [0.15, 0.2) is 0 Å². The third kappa shape index (κ3) is 3.60.